The van der Waals surface area contributed by atoms with Crippen LogP contribution >= 0.6 is 0 Å². The maximum Gasteiger partial charge on any atom is 0.291 e. The Kier molecular flexibility index (Phi) is 9.77. The molecule has 9 nitrogen and oxygen atoms in total. The molecule has 1 fully saturated rings. The van der Waals surface area contributed by atoms with Gasteiger partial charge in [0.2, 0.25) is 0 Å². The first-order chi connectivity index (χ1) is 19.6. The second kappa shape index (κ2) is 13.3. The molecule has 2 aromatic carbocycles. The zero-order valence-corrected chi connectivity index (χ0v) is 24.9. The molecule has 0 aliphatic carbocycles. The number of nitrogens with zero attached hydrogens (tertiary/aromatic N) is 5. The van der Waals surface area contributed by atoms with Crippen molar-refractivity contribution in [3.8, 4) is 17.0 Å². The summed E-state index contributed by atoms with van der Waals surface area (Å²) in [4.78, 5) is 37.3. The highest BCUT2D eigenvalue weighted by molar-refractivity contribution is 6.03. The third-order valence-corrected chi connectivity index (χ3v) is 7.28. The number of benzene rings is 2. The number of rotatable bonds is 10. The fourth-order valence-corrected chi connectivity index (χ4v) is 4.94. The van der Waals surface area contributed by atoms with E-state index in [1.807, 2.05) is 31.7 Å². The quantitative estimate of drug-likeness (QED) is 0.399. The number of aryl methyl sites for hydroxylation is 1. The van der Waals surface area contributed by atoms with E-state index in [2.05, 4.69) is 34.2 Å². The van der Waals surface area contributed by atoms with Crippen molar-refractivity contribution in [1.29, 1.82) is 0 Å². The molecule has 0 saturated carbocycles. The average Bonchev–Trinajstić information content (AvgIpc) is 3.33. The van der Waals surface area contributed by atoms with E-state index in [4.69, 9.17) is 4.74 Å². The molecule has 0 atom stereocenters. The van der Waals surface area contributed by atoms with Gasteiger partial charge in [0.25, 0.3) is 11.8 Å². The average molecular weight is 565 g/mol. The minimum atomic E-state index is -0.476. The summed E-state index contributed by atoms with van der Waals surface area (Å²) in [7, 11) is 5.85. The summed E-state index contributed by atoms with van der Waals surface area (Å²) < 4.78 is 21.7. The van der Waals surface area contributed by atoms with Crippen LogP contribution in [0.15, 0.2) is 42.6 Å². The summed E-state index contributed by atoms with van der Waals surface area (Å²) in [6.07, 6.45) is 2.06. The van der Waals surface area contributed by atoms with E-state index in [0.717, 1.165) is 31.7 Å². The molecule has 0 spiro atoms. The number of carbonyl (C=O) groups is 2. The molecule has 0 radical (unpaired) electrons. The van der Waals surface area contributed by atoms with Gasteiger partial charge in [-0.1, -0.05) is 6.92 Å². The predicted octanol–water partition coefficient (Wildman–Crippen LogP) is 4.15. The van der Waals surface area contributed by atoms with E-state index < -0.39 is 11.7 Å². The largest absolute Gasteiger partial charge is 0.488 e. The van der Waals surface area contributed by atoms with E-state index in [-0.39, 0.29) is 23.6 Å². The monoisotopic (exact) mass is 564 g/mol. The van der Waals surface area contributed by atoms with Gasteiger partial charge in [-0.3, -0.25) is 14.5 Å². The predicted molar refractivity (Wildman–Crippen MR) is 159 cm³/mol. The molecule has 10 heteroatoms. The molecular formula is C31H41FN6O3. The third kappa shape index (κ3) is 7.31. The first kappa shape index (κ1) is 30.2. The molecule has 2 heterocycles. The maximum absolute atomic E-state index is 14.6. The Morgan fingerprint density at radius 2 is 1.83 bits per heavy atom. The van der Waals surface area contributed by atoms with Gasteiger partial charge < -0.3 is 24.4 Å². The zero-order chi connectivity index (χ0) is 29.7. The molecule has 3 aromatic rings. The minimum Gasteiger partial charge on any atom is -0.488 e. The van der Waals surface area contributed by atoms with E-state index in [1.165, 1.54) is 6.07 Å². The maximum atomic E-state index is 14.6. The number of likely N-dealkylation sites (N-methyl/N-ethyl adjacent to an activating group) is 1. The number of aromatic nitrogens is 2. The Morgan fingerprint density at radius 3 is 2.46 bits per heavy atom. The van der Waals surface area contributed by atoms with Crippen molar-refractivity contribution in [1.82, 2.24) is 24.3 Å². The Balaban J connectivity index is 1.43. The van der Waals surface area contributed by atoms with Crippen LogP contribution < -0.4 is 10.1 Å². The second-order valence-electron chi connectivity index (χ2n) is 11.0. The van der Waals surface area contributed by atoms with Crippen LogP contribution in [0.5, 0.6) is 5.75 Å². The van der Waals surface area contributed by atoms with Crippen molar-refractivity contribution in [3.63, 3.8) is 0 Å². The van der Waals surface area contributed by atoms with Crippen LogP contribution in [-0.2, 0) is 13.5 Å². The number of ether oxygens (including phenoxy) is 1. The highest BCUT2D eigenvalue weighted by atomic mass is 19.1. The van der Waals surface area contributed by atoms with Crippen molar-refractivity contribution < 1.29 is 18.7 Å². The molecule has 1 aliphatic rings. The molecule has 1 aromatic heterocycles. The van der Waals surface area contributed by atoms with Crippen molar-refractivity contribution in [2.45, 2.75) is 33.3 Å². The third-order valence-electron chi connectivity index (χ3n) is 7.28. The van der Waals surface area contributed by atoms with E-state index >= 15 is 0 Å². The first-order valence-corrected chi connectivity index (χ1v) is 14.2. The van der Waals surface area contributed by atoms with Crippen LogP contribution in [-0.4, -0.2) is 95.5 Å². The lowest BCUT2D eigenvalue weighted by Crippen LogP contribution is -2.50. The van der Waals surface area contributed by atoms with E-state index in [1.54, 1.807) is 42.1 Å². The molecule has 4 rings (SSSR count). The lowest BCUT2D eigenvalue weighted by Gasteiger charge is -2.35. The van der Waals surface area contributed by atoms with Gasteiger partial charge in [-0.05, 0) is 76.3 Å². The Hall–Kier alpha value is -3.76. The first-order valence-electron chi connectivity index (χ1n) is 14.2. The molecule has 2 amide bonds. The highest BCUT2D eigenvalue weighted by Gasteiger charge is 2.24. The van der Waals surface area contributed by atoms with Crippen molar-refractivity contribution >= 4 is 17.5 Å². The van der Waals surface area contributed by atoms with Crippen LogP contribution in [0.4, 0.5) is 10.1 Å². The molecule has 0 bridgehead atoms. The van der Waals surface area contributed by atoms with Gasteiger partial charge in [0.15, 0.2) is 17.4 Å². The Labute approximate surface area is 241 Å². The van der Waals surface area contributed by atoms with Crippen molar-refractivity contribution in [2.75, 3.05) is 58.7 Å². The molecule has 220 valence electrons. The number of anilines is 1. The highest BCUT2D eigenvalue weighted by Crippen LogP contribution is 2.27. The minimum absolute atomic E-state index is 0.0257. The summed E-state index contributed by atoms with van der Waals surface area (Å²) >= 11 is 0. The van der Waals surface area contributed by atoms with Crippen LogP contribution in [0.3, 0.4) is 0 Å². The lowest BCUT2D eigenvalue weighted by molar-refractivity contribution is 0.0628. The SMILES string of the molecule is CCc1cc(NC(=O)c2ncc(-c3ccc(OC(C)C)c(F)c3)n2C)ccc1C(=O)N1CCN(CCN(C)C)CC1. The van der Waals surface area contributed by atoms with Crippen molar-refractivity contribution in [2.24, 2.45) is 7.05 Å². The van der Waals surface area contributed by atoms with Gasteiger partial charge in [-0.2, -0.15) is 0 Å². The van der Waals surface area contributed by atoms with Gasteiger partial charge in [-0.25, -0.2) is 9.37 Å². The molecule has 0 unspecified atom stereocenters. The fraction of sp³-hybridized carbons (Fsp3) is 0.452. The molecular weight excluding hydrogens is 523 g/mol. The van der Waals surface area contributed by atoms with Gasteiger partial charge >= 0.3 is 0 Å². The second-order valence-corrected chi connectivity index (χ2v) is 11.0. The number of amides is 2. The molecule has 1 aliphatic heterocycles. The summed E-state index contributed by atoms with van der Waals surface area (Å²) in [5.41, 5.74) is 3.31. The summed E-state index contributed by atoms with van der Waals surface area (Å²) in [5, 5.41) is 2.90. The zero-order valence-electron chi connectivity index (χ0n) is 24.9. The Bertz CT molecular complexity index is 1380. The molecule has 1 N–H and O–H groups in total. The summed E-state index contributed by atoms with van der Waals surface area (Å²) in [6.45, 7) is 10.8. The standard InChI is InChI=1S/C31H41FN6O3/c1-7-22-18-24(9-10-25(22)31(40)38-16-14-37(15-17-38)13-12-35(4)5)34-30(39)29-33-20-27(36(29)6)23-8-11-28(26(32)19-23)41-21(2)3/h8-11,18-21H,7,12-17H2,1-6H3,(H,34,39). The number of imidazole rings is 1. The van der Waals surface area contributed by atoms with Crippen molar-refractivity contribution in [3.05, 3.63) is 65.4 Å². The van der Waals surface area contributed by atoms with Gasteiger partial charge in [-0.15, -0.1) is 0 Å². The molecule has 1 saturated heterocycles. The van der Waals surface area contributed by atoms with Gasteiger partial charge in [0, 0.05) is 63.1 Å². The number of halogens is 1. The van der Waals surface area contributed by atoms with Crippen LogP contribution in [0.2, 0.25) is 0 Å². The van der Waals surface area contributed by atoms with E-state index in [0.29, 0.717) is 42.0 Å². The Morgan fingerprint density at radius 1 is 1.10 bits per heavy atom. The lowest BCUT2D eigenvalue weighted by atomic mass is 10.0. The van der Waals surface area contributed by atoms with E-state index in [9.17, 15) is 14.0 Å². The van der Waals surface area contributed by atoms with Crippen LogP contribution in [0, 0.1) is 5.82 Å². The van der Waals surface area contributed by atoms with Gasteiger partial charge in [0.1, 0.15) is 0 Å². The van der Waals surface area contributed by atoms with Crippen LogP contribution in [0.1, 0.15) is 47.3 Å². The number of hydrogen-bond acceptors (Lipinski definition) is 6. The number of piperazine rings is 1. The molecule has 41 heavy (non-hydrogen) atoms. The number of carbonyl (C=O) groups excluding carboxylic acids is 2. The number of hydrogen-bond donors (Lipinski definition) is 1. The summed E-state index contributed by atoms with van der Waals surface area (Å²) in [5.74, 6) is -0.476. The van der Waals surface area contributed by atoms with Crippen LogP contribution in [0.25, 0.3) is 11.3 Å². The number of nitrogens with one attached hydrogen (secondary N) is 1. The smallest absolute Gasteiger partial charge is 0.291 e. The fourth-order valence-electron chi connectivity index (χ4n) is 4.94. The summed E-state index contributed by atoms with van der Waals surface area (Å²) in [6, 6.07) is 10.1. The normalized spacial score (nSPS) is 14.1. The van der Waals surface area contributed by atoms with Gasteiger partial charge in [0.05, 0.1) is 18.0 Å². The topological polar surface area (TPSA) is 82.9 Å².